The maximum atomic E-state index is 9.57. The van der Waals surface area contributed by atoms with Gasteiger partial charge in [0.15, 0.2) is 0 Å². The predicted octanol–water partition coefficient (Wildman–Crippen LogP) is 1.63. The number of rotatable bonds is 6. The van der Waals surface area contributed by atoms with Gasteiger partial charge >= 0.3 is 0 Å². The predicted molar refractivity (Wildman–Crippen MR) is 94.3 cm³/mol. The molecule has 25 heavy (non-hydrogen) atoms. The highest BCUT2D eigenvalue weighted by atomic mass is 16.5. The van der Waals surface area contributed by atoms with Crippen molar-refractivity contribution in [3.05, 3.63) is 30.2 Å². The van der Waals surface area contributed by atoms with E-state index in [1.165, 1.54) is 0 Å². The summed E-state index contributed by atoms with van der Waals surface area (Å²) in [6.07, 6.45) is -0.294. The Balaban J connectivity index is 1.58. The number of hydrogen-bond acceptors (Lipinski definition) is 7. The molecule has 1 aliphatic heterocycles. The second-order valence-corrected chi connectivity index (χ2v) is 6.66. The lowest BCUT2D eigenvalue weighted by molar-refractivity contribution is 0.0393. The average molecular weight is 346 g/mol. The highest BCUT2D eigenvalue weighted by molar-refractivity contribution is 5.53. The Morgan fingerprint density at radius 2 is 2.04 bits per heavy atom. The van der Waals surface area contributed by atoms with Crippen molar-refractivity contribution in [2.45, 2.75) is 32.5 Å². The van der Waals surface area contributed by atoms with Crippen molar-refractivity contribution in [3.63, 3.8) is 0 Å². The van der Waals surface area contributed by atoms with E-state index >= 15 is 0 Å². The number of aromatic nitrogens is 2. The molecule has 2 atom stereocenters. The van der Waals surface area contributed by atoms with Crippen LogP contribution in [0.3, 0.4) is 0 Å². The molecule has 7 nitrogen and oxygen atoms in total. The fourth-order valence-corrected chi connectivity index (χ4v) is 3.18. The fourth-order valence-electron chi connectivity index (χ4n) is 3.18. The first-order chi connectivity index (χ1) is 12.0. The quantitative estimate of drug-likeness (QED) is 0.852. The van der Waals surface area contributed by atoms with E-state index in [0.29, 0.717) is 24.4 Å². The summed E-state index contributed by atoms with van der Waals surface area (Å²) in [6, 6.07) is 7.97. The largest absolute Gasteiger partial charge is 0.497 e. The molecule has 0 unspecified atom stereocenters. The molecule has 0 amide bonds. The second-order valence-electron chi connectivity index (χ2n) is 6.66. The van der Waals surface area contributed by atoms with Crippen LogP contribution in [-0.4, -0.2) is 70.5 Å². The van der Waals surface area contributed by atoms with Crippen LogP contribution in [0.25, 0.3) is 11.5 Å². The van der Waals surface area contributed by atoms with Crippen molar-refractivity contribution < 1.29 is 14.3 Å². The maximum absolute atomic E-state index is 9.57. The summed E-state index contributed by atoms with van der Waals surface area (Å²) in [5.41, 5.74) is 0.884. The highest BCUT2D eigenvalue weighted by Crippen LogP contribution is 2.22. The first-order valence-corrected chi connectivity index (χ1v) is 8.66. The van der Waals surface area contributed by atoms with E-state index < -0.39 is 0 Å². The zero-order valence-corrected chi connectivity index (χ0v) is 15.1. The normalized spacial score (nSPS) is 20.6. The standard InChI is InChI=1S/C18H26N4O3/c1-13-10-21(8-9-22(13)11-14(2)23)12-17-19-20-18(25-17)15-4-6-16(24-3)7-5-15/h4-7,13-14,23H,8-12H2,1-3H3/t13-,14+/m0/s1. The molecule has 0 bridgehead atoms. The van der Waals surface area contributed by atoms with Crippen LogP contribution in [0.15, 0.2) is 28.7 Å². The van der Waals surface area contributed by atoms with Gasteiger partial charge in [0, 0.05) is 37.8 Å². The number of benzene rings is 1. The van der Waals surface area contributed by atoms with Crippen molar-refractivity contribution in [1.29, 1.82) is 0 Å². The molecule has 1 fully saturated rings. The molecule has 0 radical (unpaired) electrons. The molecule has 0 aliphatic carbocycles. The van der Waals surface area contributed by atoms with Gasteiger partial charge < -0.3 is 14.3 Å². The van der Waals surface area contributed by atoms with Gasteiger partial charge in [-0.15, -0.1) is 10.2 Å². The van der Waals surface area contributed by atoms with Gasteiger partial charge in [0.25, 0.3) is 0 Å². The Hall–Kier alpha value is -1.96. The molecule has 1 aromatic carbocycles. The van der Waals surface area contributed by atoms with E-state index in [4.69, 9.17) is 9.15 Å². The van der Waals surface area contributed by atoms with E-state index in [-0.39, 0.29) is 6.10 Å². The fraction of sp³-hybridized carbons (Fsp3) is 0.556. The first kappa shape index (κ1) is 17.8. The molecular formula is C18H26N4O3. The SMILES string of the molecule is COc1ccc(-c2nnc(CN3CCN(C[C@@H](C)O)[C@@H](C)C3)o2)cc1. The Morgan fingerprint density at radius 1 is 1.28 bits per heavy atom. The van der Waals surface area contributed by atoms with Crippen LogP contribution in [0.1, 0.15) is 19.7 Å². The number of nitrogens with zero attached hydrogens (tertiary/aromatic N) is 4. The summed E-state index contributed by atoms with van der Waals surface area (Å²) in [6.45, 7) is 8.17. The lowest BCUT2D eigenvalue weighted by atomic mass is 10.1. The van der Waals surface area contributed by atoms with Crippen molar-refractivity contribution in [3.8, 4) is 17.2 Å². The third kappa shape index (κ3) is 4.56. The summed E-state index contributed by atoms with van der Waals surface area (Å²) in [5.74, 6) is 1.95. The molecule has 2 heterocycles. The average Bonchev–Trinajstić information content (AvgIpc) is 3.05. The molecule has 3 rings (SSSR count). The van der Waals surface area contributed by atoms with Gasteiger partial charge in [0.05, 0.1) is 19.8 Å². The number of methoxy groups -OCH3 is 1. The molecule has 1 aliphatic rings. The molecule has 136 valence electrons. The summed E-state index contributed by atoms with van der Waals surface area (Å²) in [4.78, 5) is 4.63. The van der Waals surface area contributed by atoms with E-state index in [1.54, 1.807) is 7.11 Å². The molecule has 1 N–H and O–H groups in total. The lowest BCUT2D eigenvalue weighted by Crippen LogP contribution is -2.53. The van der Waals surface area contributed by atoms with Crippen LogP contribution < -0.4 is 4.74 Å². The minimum atomic E-state index is -0.294. The molecule has 1 aromatic heterocycles. The minimum absolute atomic E-state index is 0.294. The Morgan fingerprint density at radius 3 is 2.68 bits per heavy atom. The number of ether oxygens (including phenoxy) is 1. The van der Waals surface area contributed by atoms with Crippen molar-refractivity contribution in [2.24, 2.45) is 0 Å². The number of β-amino-alcohol motifs (C(OH)–C–C–N with tert-alkyl or cyclic N) is 1. The molecule has 0 saturated carbocycles. The topological polar surface area (TPSA) is 74.9 Å². The van der Waals surface area contributed by atoms with Crippen LogP contribution in [-0.2, 0) is 6.54 Å². The highest BCUT2D eigenvalue weighted by Gasteiger charge is 2.25. The summed E-state index contributed by atoms with van der Waals surface area (Å²) in [7, 11) is 1.64. The summed E-state index contributed by atoms with van der Waals surface area (Å²) < 4.78 is 11.0. The zero-order valence-electron chi connectivity index (χ0n) is 15.1. The van der Waals surface area contributed by atoms with E-state index in [1.807, 2.05) is 31.2 Å². The van der Waals surface area contributed by atoms with Gasteiger partial charge in [-0.25, -0.2) is 0 Å². The van der Waals surface area contributed by atoms with Gasteiger partial charge in [0.1, 0.15) is 5.75 Å². The second kappa shape index (κ2) is 7.95. The molecule has 2 aromatic rings. The third-order valence-electron chi connectivity index (χ3n) is 4.51. The van der Waals surface area contributed by atoms with Gasteiger partial charge in [0.2, 0.25) is 11.8 Å². The Kier molecular flexibility index (Phi) is 5.67. The van der Waals surface area contributed by atoms with E-state index in [0.717, 1.165) is 37.5 Å². The van der Waals surface area contributed by atoms with Gasteiger partial charge in [-0.1, -0.05) is 0 Å². The van der Waals surface area contributed by atoms with Crippen molar-refractivity contribution in [1.82, 2.24) is 20.0 Å². The van der Waals surface area contributed by atoms with Gasteiger partial charge in [-0.2, -0.15) is 0 Å². The van der Waals surface area contributed by atoms with Gasteiger partial charge in [-0.05, 0) is 38.1 Å². The van der Waals surface area contributed by atoms with Crippen LogP contribution in [0.5, 0.6) is 5.75 Å². The Bertz CT molecular complexity index is 671. The maximum Gasteiger partial charge on any atom is 0.247 e. The van der Waals surface area contributed by atoms with Crippen LogP contribution in [0.4, 0.5) is 0 Å². The van der Waals surface area contributed by atoms with Crippen LogP contribution in [0.2, 0.25) is 0 Å². The summed E-state index contributed by atoms with van der Waals surface area (Å²) >= 11 is 0. The van der Waals surface area contributed by atoms with Gasteiger partial charge in [-0.3, -0.25) is 9.80 Å². The number of piperazine rings is 1. The molecular weight excluding hydrogens is 320 g/mol. The molecule has 0 spiro atoms. The first-order valence-electron chi connectivity index (χ1n) is 8.66. The number of aliphatic hydroxyl groups excluding tert-OH is 1. The number of hydrogen-bond donors (Lipinski definition) is 1. The van der Waals surface area contributed by atoms with Crippen LogP contribution in [0, 0.1) is 0 Å². The monoisotopic (exact) mass is 346 g/mol. The third-order valence-corrected chi connectivity index (χ3v) is 4.51. The minimum Gasteiger partial charge on any atom is -0.497 e. The lowest BCUT2D eigenvalue weighted by Gasteiger charge is -2.39. The summed E-state index contributed by atoms with van der Waals surface area (Å²) in [5, 5.41) is 17.9. The molecule has 1 saturated heterocycles. The van der Waals surface area contributed by atoms with Crippen molar-refractivity contribution in [2.75, 3.05) is 33.3 Å². The Labute approximate surface area is 148 Å². The smallest absolute Gasteiger partial charge is 0.247 e. The van der Waals surface area contributed by atoms with E-state index in [9.17, 15) is 5.11 Å². The van der Waals surface area contributed by atoms with E-state index in [2.05, 4.69) is 26.9 Å². The van der Waals surface area contributed by atoms with Crippen LogP contribution >= 0.6 is 0 Å². The molecule has 7 heteroatoms. The van der Waals surface area contributed by atoms with Crippen molar-refractivity contribution >= 4 is 0 Å². The zero-order chi connectivity index (χ0) is 17.8. The number of aliphatic hydroxyl groups is 1.